The summed E-state index contributed by atoms with van der Waals surface area (Å²) >= 11 is 0.739. The van der Waals surface area contributed by atoms with E-state index in [1.165, 1.54) is 24.3 Å². The van der Waals surface area contributed by atoms with Gasteiger partial charge in [0.15, 0.2) is 0 Å². The highest BCUT2D eigenvalue weighted by atomic mass is 32.2. The van der Waals surface area contributed by atoms with Crippen molar-refractivity contribution in [1.82, 2.24) is 4.90 Å². The lowest BCUT2D eigenvalue weighted by atomic mass is 10.1. The third-order valence-corrected chi connectivity index (χ3v) is 5.51. The first-order chi connectivity index (χ1) is 15.0. The number of imide groups is 1. The fraction of sp³-hybridized carbons (Fsp3) is 0.0455. The van der Waals surface area contributed by atoms with Crippen molar-refractivity contribution in [1.29, 1.82) is 5.26 Å². The predicted octanol–water partition coefficient (Wildman–Crippen LogP) is 4.96. The molecule has 1 aliphatic rings. The van der Waals surface area contributed by atoms with Crippen molar-refractivity contribution >= 4 is 34.7 Å². The zero-order valence-corrected chi connectivity index (χ0v) is 16.7. The van der Waals surface area contributed by atoms with Crippen LogP contribution in [-0.4, -0.2) is 21.0 Å². The predicted molar refractivity (Wildman–Crippen MR) is 113 cm³/mol. The molecule has 2 heterocycles. The van der Waals surface area contributed by atoms with Gasteiger partial charge in [0, 0.05) is 23.3 Å². The quantitative estimate of drug-likeness (QED) is 0.318. The standard InChI is InChI=1S/C22H13N3O5S/c23-12-14-5-1-3-7-17(14)19-10-9-16(30-19)11-20-21(26)24(22(27)31-20)13-15-6-2-4-8-18(15)25(28)29/h1-11H,13H2/b20-11-. The maximum Gasteiger partial charge on any atom is 0.293 e. The van der Waals surface area contributed by atoms with E-state index >= 15 is 0 Å². The van der Waals surface area contributed by atoms with E-state index < -0.39 is 16.1 Å². The number of nitro groups is 1. The molecule has 2 amide bonds. The third-order valence-electron chi connectivity index (χ3n) is 4.60. The number of rotatable bonds is 5. The van der Waals surface area contributed by atoms with Gasteiger partial charge in [0.25, 0.3) is 16.8 Å². The smallest absolute Gasteiger partial charge is 0.293 e. The van der Waals surface area contributed by atoms with Gasteiger partial charge in [-0.25, -0.2) is 0 Å². The highest BCUT2D eigenvalue weighted by molar-refractivity contribution is 8.18. The van der Waals surface area contributed by atoms with Crippen LogP contribution in [0.2, 0.25) is 0 Å². The minimum atomic E-state index is -0.552. The molecule has 1 fully saturated rings. The van der Waals surface area contributed by atoms with Crippen molar-refractivity contribution in [3.8, 4) is 17.4 Å². The number of furan rings is 1. The molecule has 0 bridgehead atoms. The van der Waals surface area contributed by atoms with Gasteiger partial charge in [0.1, 0.15) is 11.5 Å². The van der Waals surface area contributed by atoms with E-state index in [0.29, 0.717) is 22.6 Å². The summed E-state index contributed by atoms with van der Waals surface area (Å²) in [5, 5.41) is 19.9. The second-order valence-corrected chi connectivity index (χ2v) is 7.51. The minimum absolute atomic E-state index is 0.151. The molecule has 4 rings (SSSR count). The molecular formula is C22H13N3O5S. The molecule has 0 aliphatic carbocycles. The molecule has 0 unspecified atom stereocenters. The molecule has 2 aromatic carbocycles. The van der Waals surface area contributed by atoms with E-state index in [1.807, 2.05) is 0 Å². The first-order valence-electron chi connectivity index (χ1n) is 9.05. The summed E-state index contributed by atoms with van der Waals surface area (Å²) in [6, 6.07) is 18.3. The molecule has 152 valence electrons. The molecule has 1 aromatic heterocycles. The van der Waals surface area contributed by atoms with E-state index in [2.05, 4.69) is 6.07 Å². The summed E-state index contributed by atoms with van der Waals surface area (Å²) in [5.41, 5.74) is 1.18. The van der Waals surface area contributed by atoms with Gasteiger partial charge in [-0.05, 0) is 36.0 Å². The Morgan fingerprint density at radius 1 is 1.10 bits per heavy atom. The molecule has 0 N–H and O–H groups in total. The summed E-state index contributed by atoms with van der Waals surface area (Å²) in [4.78, 5) is 36.9. The number of para-hydroxylation sites is 1. The molecule has 0 saturated carbocycles. The highest BCUT2D eigenvalue weighted by Crippen LogP contribution is 2.35. The molecule has 31 heavy (non-hydrogen) atoms. The van der Waals surface area contributed by atoms with Crippen molar-refractivity contribution < 1.29 is 18.9 Å². The number of carbonyl (C=O) groups is 2. The largest absolute Gasteiger partial charge is 0.457 e. The summed E-state index contributed by atoms with van der Waals surface area (Å²) < 4.78 is 5.75. The Morgan fingerprint density at radius 2 is 1.84 bits per heavy atom. The summed E-state index contributed by atoms with van der Waals surface area (Å²) in [7, 11) is 0. The Bertz CT molecular complexity index is 1290. The number of carbonyl (C=O) groups excluding carboxylic acids is 2. The van der Waals surface area contributed by atoms with Crippen LogP contribution in [0.4, 0.5) is 10.5 Å². The van der Waals surface area contributed by atoms with Gasteiger partial charge < -0.3 is 4.42 Å². The summed E-state index contributed by atoms with van der Waals surface area (Å²) in [6.07, 6.45) is 1.45. The Balaban J connectivity index is 1.58. The molecule has 8 nitrogen and oxygen atoms in total. The second-order valence-electron chi connectivity index (χ2n) is 6.51. The number of hydrogen-bond acceptors (Lipinski definition) is 7. The zero-order valence-electron chi connectivity index (χ0n) is 15.8. The maximum absolute atomic E-state index is 12.7. The second kappa shape index (κ2) is 8.30. The van der Waals surface area contributed by atoms with Crippen LogP contribution >= 0.6 is 11.8 Å². The normalized spacial score (nSPS) is 14.8. The van der Waals surface area contributed by atoms with Crippen molar-refractivity contribution in [3.05, 3.63) is 92.6 Å². The van der Waals surface area contributed by atoms with Gasteiger partial charge in [-0.3, -0.25) is 24.6 Å². The van der Waals surface area contributed by atoms with Gasteiger partial charge >= 0.3 is 0 Å². The van der Waals surface area contributed by atoms with E-state index in [4.69, 9.17) is 4.42 Å². The van der Waals surface area contributed by atoms with Gasteiger partial charge in [0.05, 0.1) is 28.0 Å². The van der Waals surface area contributed by atoms with Gasteiger partial charge in [-0.1, -0.05) is 30.3 Å². The number of hydrogen-bond donors (Lipinski definition) is 0. The van der Waals surface area contributed by atoms with Gasteiger partial charge in [-0.15, -0.1) is 0 Å². The first kappa shape index (κ1) is 20.1. The summed E-state index contributed by atoms with van der Waals surface area (Å²) in [6.45, 7) is -0.196. The van der Waals surface area contributed by atoms with Crippen LogP contribution in [0.3, 0.4) is 0 Å². The molecule has 3 aromatic rings. The minimum Gasteiger partial charge on any atom is -0.457 e. The molecular weight excluding hydrogens is 418 g/mol. The Labute approximate surface area is 180 Å². The molecule has 0 radical (unpaired) electrons. The number of nitro benzene ring substituents is 1. The number of nitrogens with zero attached hydrogens (tertiary/aromatic N) is 3. The SMILES string of the molecule is N#Cc1ccccc1-c1ccc(/C=C2\SC(=O)N(Cc3ccccc3[N+](=O)[O-])C2=O)o1. The maximum atomic E-state index is 12.7. The van der Waals surface area contributed by atoms with Crippen LogP contribution in [-0.2, 0) is 11.3 Å². The fourth-order valence-electron chi connectivity index (χ4n) is 3.13. The Morgan fingerprint density at radius 3 is 2.61 bits per heavy atom. The average Bonchev–Trinajstić information content (AvgIpc) is 3.34. The van der Waals surface area contributed by atoms with E-state index in [1.54, 1.807) is 42.5 Å². The molecule has 1 aliphatic heterocycles. The lowest BCUT2D eigenvalue weighted by molar-refractivity contribution is -0.385. The van der Waals surface area contributed by atoms with Crippen LogP contribution in [0.15, 0.2) is 70.0 Å². The van der Waals surface area contributed by atoms with Crippen molar-refractivity contribution in [2.24, 2.45) is 0 Å². The van der Waals surface area contributed by atoms with Crippen LogP contribution in [0.1, 0.15) is 16.9 Å². The summed E-state index contributed by atoms with van der Waals surface area (Å²) in [5.74, 6) is 0.255. The average molecular weight is 431 g/mol. The zero-order chi connectivity index (χ0) is 22.0. The lowest BCUT2D eigenvalue weighted by Gasteiger charge is -2.12. The molecule has 0 spiro atoms. The van der Waals surface area contributed by atoms with Crippen LogP contribution in [0, 0.1) is 21.4 Å². The molecule has 0 atom stereocenters. The van der Waals surface area contributed by atoms with E-state index in [-0.39, 0.29) is 22.7 Å². The number of nitriles is 1. The van der Waals surface area contributed by atoms with Crippen molar-refractivity contribution in [2.75, 3.05) is 0 Å². The Kier molecular flexibility index (Phi) is 5.39. The first-order valence-corrected chi connectivity index (χ1v) is 9.86. The van der Waals surface area contributed by atoms with Crippen LogP contribution < -0.4 is 0 Å². The van der Waals surface area contributed by atoms with Crippen LogP contribution in [0.25, 0.3) is 17.4 Å². The highest BCUT2D eigenvalue weighted by Gasteiger charge is 2.36. The topological polar surface area (TPSA) is 117 Å². The number of benzene rings is 2. The molecule has 9 heteroatoms. The monoisotopic (exact) mass is 431 g/mol. The van der Waals surface area contributed by atoms with E-state index in [9.17, 15) is 25.0 Å². The van der Waals surface area contributed by atoms with Crippen molar-refractivity contribution in [3.63, 3.8) is 0 Å². The van der Waals surface area contributed by atoms with Gasteiger partial charge in [-0.2, -0.15) is 5.26 Å². The Hall–Kier alpha value is -4.16. The number of thioether (sulfide) groups is 1. The third kappa shape index (κ3) is 3.97. The fourth-order valence-corrected chi connectivity index (χ4v) is 3.95. The molecule has 1 saturated heterocycles. The lowest BCUT2D eigenvalue weighted by Crippen LogP contribution is -2.27. The van der Waals surface area contributed by atoms with E-state index in [0.717, 1.165) is 16.7 Å². The number of amides is 2. The van der Waals surface area contributed by atoms with Crippen molar-refractivity contribution in [2.45, 2.75) is 6.54 Å². The van der Waals surface area contributed by atoms with Crippen LogP contribution in [0.5, 0.6) is 0 Å². The van der Waals surface area contributed by atoms with Gasteiger partial charge in [0.2, 0.25) is 0 Å².